The highest BCUT2D eigenvalue weighted by molar-refractivity contribution is 9.10. The molecule has 0 radical (unpaired) electrons. The van der Waals surface area contributed by atoms with Crippen molar-refractivity contribution in [3.8, 4) is 0 Å². The van der Waals surface area contributed by atoms with E-state index in [0.29, 0.717) is 6.54 Å². The summed E-state index contributed by atoms with van der Waals surface area (Å²) in [4.78, 5) is 14.6. The number of hydrogen-bond donors (Lipinski definition) is 0. The van der Waals surface area contributed by atoms with Crippen molar-refractivity contribution in [2.75, 3.05) is 19.6 Å². The predicted molar refractivity (Wildman–Crippen MR) is 77.9 cm³/mol. The number of carbonyl (C=O) groups excluding carboxylic acids is 1. The molecular formula is C15H20BrNO. The molecule has 1 unspecified atom stereocenters. The molecule has 0 saturated carbocycles. The quantitative estimate of drug-likeness (QED) is 0.793. The summed E-state index contributed by atoms with van der Waals surface area (Å²) in [5, 5.41) is 0. The van der Waals surface area contributed by atoms with Gasteiger partial charge in [-0.05, 0) is 44.3 Å². The summed E-state index contributed by atoms with van der Waals surface area (Å²) in [5.41, 5.74) is 0.801. The fourth-order valence-electron chi connectivity index (χ4n) is 2.46. The Hall–Kier alpha value is -0.670. The zero-order valence-electron chi connectivity index (χ0n) is 10.9. The third-order valence-corrected chi connectivity index (χ3v) is 4.34. The van der Waals surface area contributed by atoms with Crippen LogP contribution in [-0.2, 0) is 0 Å². The van der Waals surface area contributed by atoms with E-state index < -0.39 is 0 Å². The van der Waals surface area contributed by atoms with Crippen LogP contribution >= 0.6 is 15.9 Å². The van der Waals surface area contributed by atoms with Gasteiger partial charge in [-0.2, -0.15) is 0 Å². The van der Waals surface area contributed by atoms with Crippen LogP contribution in [0.15, 0.2) is 28.7 Å². The van der Waals surface area contributed by atoms with Crippen LogP contribution < -0.4 is 0 Å². The van der Waals surface area contributed by atoms with Crippen LogP contribution in [0.1, 0.15) is 36.5 Å². The van der Waals surface area contributed by atoms with Crippen LogP contribution in [0.5, 0.6) is 0 Å². The van der Waals surface area contributed by atoms with Crippen molar-refractivity contribution in [2.24, 2.45) is 5.92 Å². The molecule has 3 heteroatoms. The van der Waals surface area contributed by atoms with Gasteiger partial charge in [-0.25, -0.2) is 0 Å². The number of rotatable bonds is 3. The van der Waals surface area contributed by atoms with E-state index >= 15 is 0 Å². The summed E-state index contributed by atoms with van der Waals surface area (Å²) in [6.07, 6.45) is 3.72. The van der Waals surface area contributed by atoms with Gasteiger partial charge in [0.25, 0.3) is 0 Å². The van der Waals surface area contributed by atoms with E-state index in [1.54, 1.807) is 0 Å². The lowest BCUT2D eigenvalue weighted by molar-refractivity contribution is 0.0931. The van der Waals surface area contributed by atoms with E-state index in [2.05, 4.69) is 27.8 Å². The van der Waals surface area contributed by atoms with Gasteiger partial charge < -0.3 is 0 Å². The van der Waals surface area contributed by atoms with Gasteiger partial charge in [-0.15, -0.1) is 0 Å². The van der Waals surface area contributed by atoms with E-state index in [4.69, 9.17) is 0 Å². The molecule has 0 spiro atoms. The summed E-state index contributed by atoms with van der Waals surface area (Å²) >= 11 is 3.45. The van der Waals surface area contributed by atoms with Crippen LogP contribution in [0.3, 0.4) is 0 Å². The smallest absolute Gasteiger partial charge is 0.177 e. The van der Waals surface area contributed by atoms with E-state index in [0.717, 1.165) is 29.0 Å². The zero-order valence-corrected chi connectivity index (χ0v) is 12.4. The van der Waals surface area contributed by atoms with Crippen LogP contribution in [0.2, 0.25) is 0 Å². The first-order valence-electron chi connectivity index (χ1n) is 6.67. The van der Waals surface area contributed by atoms with Gasteiger partial charge >= 0.3 is 0 Å². The van der Waals surface area contributed by atoms with Crippen LogP contribution in [-0.4, -0.2) is 30.3 Å². The first-order valence-corrected chi connectivity index (χ1v) is 7.46. The molecule has 0 bridgehead atoms. The Morgan fingerprint density at radius 3 is 2.89 bits per heavy atom. The summed E-state index contributed by atoms with van der Waals surface area (Å²) in [7, 11) is 0. The molecule has 1 aliphatic rings. The maximum Gasteiger partial charge on any atom is 0.177 e. The maximum atomic E-state index is 12.3. The maximum absolute atomic E-state index is 12.3. The number of halogens is 1. The Labute approximate surface area is 117 Å². The van der Waals surface area contributed by atoms with Crippen LogP contribution in [0.4, 0.5) is 0 Å². The van der Waals surface area contributed by atoms with Crippen molar-refractivity contribution >= 4 is 21.7 Å². The van der Waals surface area contributed by atoms with Gasteiger partial charge in [0.1, 0.15) is 0 Å². The average molecular weight is 310 g/mol. The second kappa shape index (κ2) is 6.48. The van der Waals surface area contributed by atoms with Crippen molar-refractivity contribution in [1.82, 2.24) is 4.90 Å². The molecule has 1 atom stereocenters. The molecule has 18 heavy (non-hydrogen) atoms. The predicted octanol–water partition coefficient (Wildman–Crippen LogP) is 3.75. The topological polar surface area (TPSA) is 20.3 Å². The second-order valence-corrected chi connectivity index (χ2v) is 6.07. The number of hydrogen-bond acceptors (Lipinski definition) is 2. The molecule has 1 heterocycles. The molecule has 1 aromatic rings. The molecule has 98 valence electrons. The van der Waals surface area contributed by atoms with Crippen molar-refractivity contribution in [1.29, 1.82) is 0 Å². The highest BCUT2D eigenvalue weighted by Crippen LogP contribution is 2.19. The van der Waals surface area contributed by atoms with Gasteiger partial charge in [0, 0.05) is 10.0 Å². The van der Waals surface area contributed by atoms with E-state index in [9.17, 15) is 4.79 Å². The molecule has 1 fully saturated rings. The normalized spacial score (nSPS) is 21.6. The molecule has 2 rings (SSSR count). The molecule has 0 aliphatic carbocycles. The Kier molecular flexibility index (Phi) is 4.95. The summed E-state index contributed by atoms with van der Waals surface area (Å²) < 4.78 is 0.901. The Morgan fingerprint density at radius 2 is 2.11 bits per heavy atom. The highest BCUT2D eigenvalue weighted by atomic mass is 79.9. The summed E-state index contributed by atoms with van der Waals surface area (Å²) in [6, 6.07) is 7.68. The molecule has 1 aliphatic heterocycles. The average Bonchev–Trinajstić information content (AvgIpc) is 2.55. The number of ketones is 1. The number of Topliss-reactive ketones (excluding diaryl/α,β-unsaturated/α-hetero) is 1. The third-order valence-electron chi connectivity index (χ3n) is 3.65. The Balaban J connectivity index is 1.97. The van der Waals surface area contributed by atoms with Crippen molar-refractivity contribution in [3.63, 3.8) is 0 Å². The summed E-state index contributed by atoms with van der Waals surface area (Å²) in [6.45, 7) is 4.96. The van der Waals surface area contributed by atoms with E-state index in [1.807, 2.05) is 24.3 Å². The molecule has 1 saturated heterocycles. The molecule has 2 nitrogen and oxygen atoms in total. The van der Waals surface area contributed by atoms with Gasteiger partial charge in [0.15, 0.2) is 5.78 Å². The first-order chi connectivity index (χ1) is 8.66. The van der Waals surface area contributed by atoms with Crippen molar-refractivity contribution < 1.29 is 4.79 Å². The fraction of sp³-hybridized carbons (Fsp3) is 0.533. The largest absolute Gasteiger partial charge is 0.296 e. The lowest BCUT2D eigenvalue weighted by Crippen LogP contribution is -2.31. The second-order valence-electron chi connectivity index (χ2n) is 5.22. The lowest BCUT2D eigenvalue weighted by atomic mass is 10.0. The van der Waals surface area contributed by atoms with Gasteiger partial charge in [-0.1, -0.05) is 41.1 Å². The SMILES string of the molecule is CC1CCCN(CC(=O)c2ccccc2Br)CC1. The zero-order chi connectivity index (χ0) is 13.0. The van der Waals surface area contributed by atoms with E-state index in [-0.39, 0.29) is 5.78 Å². The molecule has 0 amide bonds. The van der Waals surface area contributed by atoms with Crippen LogP contribution in [0.25, 0.3) is 0 Å². The van der Waals surface area contributed by atoms with Gasteiger partial charge in [0.05, 0.1) is 6.54 Å². The number of nitrogens with zero attached hydrogens (tertiary/aromatic N) is 1. The Morgan fingerprint density at radius 1 is 1.33 bits per heavy atom. The summed E-state index contributed by atoms with van der Waals surface area (Å²) in [5.74, 6) is 1.02. The molecular weight excluding hydrogens is 290 g/mol. The minimum Gasteiger partial charge on any atom is -0.296 e. The Bertz CT molecular complexity index is 419. The number of likely N-dealkylation sites (tertiary alicyclic amines) is 1. The first kappa shape index (κ1) is 13.8. The molecule has 1 aromatic carbocycles. The highest BCUT2D eigenvalue weighted by Gasteiger charge is 2.18. The minimum atomic E-state index is 0.219. The molecule has 0 N–H and O–H groups in total. The van der Waals surface area contributed by atoms with Crippen molar-refractivity contribution in [3.05, 3.63) is 34.3 Å². The fourth-order valence-corrected chi connectivity index (χ4v) is 2.96. The monoisotopic (exact) mass is 309 g/mol. The van der Waals surface area contributed by atoms with Gasteiger partial charge in [-0.3, -0.25) is 9.69 Å². The lowest BCUT2D eigenvalue weighted by Gasteiger charge is -2.19. The van der Waals surface area contributed by atoms with Crippen molar-refractivity contribution in [2.45, 2.75) is 26.2 Å². The minimum absolute atomic E-state index is 0.219. The van der Waals surface area contributed by atoms with Crippen LogP contribution in [0, 0.1) is 5.92 Å². The number of benzene rings is 1. The van der Waals surface area contributed by atoms with E-state index in [1.165, 1.54) is 19.3 Å². The van der Waals surface area contributed by atoms with Gasteiger partial charge in [0.2, 0.25) is 0 Å². The number of carbonyl (C=O) groups is 1. The molecule has 0 aromatic heterocycles. The third kappa shape index (κ3) is 3.66. The standard InChI is InChI=1S/C15H20BrNO/c1-12-5-4-9-17(10-8-12)11-15(18)13-6-2-3-7-14(13)16/h2-3,6-7,12H,4-5,8-11H2,1H3.